The maximum absolute atomic E-state index is 12.9. The molecule has 1 atom stereocenters. The highest BCUT2D eigenvalue weighted by Gasteiger charge is 2.30. The van der Waals surface area contributed by atoms with Gasteiger partial charge in [-0.15, -0.1) is 0 Å². The van der Waals surface area contributed by atoms with Crippen LogP contribution in [0.4, 0.5) is 0 Å². The summed E-state index contributed by atoms with van der Waals surface area (Å²) in [6.07, 6.45) is 1.81. The van der Waals surface area contributed by atoms with E-state index in [2.05, 4.69) is 6.07 Å². The molecule has 27 heavy (non-hydrogen) atoms. The molecule has 0 spiro atoms. The fraction of sp³-hybridized carbons (Fsp3) is 0.381. The van der Waals surface area contributed by atoms with Gasteiger partial charge in [0, 0.05) is 13.1 Å². The van der Waals surface area contributed by atoms with Crippen LogP contribution in [-0.4, -0.2) is 32.4 Å². The predicted octanol–water partition coefficient (Wildman–Crippen LogP) is 3.48. The van der Waals surface area contributed by atoms with E-state index in [1.165, 1.54) is 0 Å². The van der Waals surface area contributed by atoms with Gasteiger partial charge in [-0.1, -0.05) is 29.8 Å². The summed E-state index contributed by atoms with van der Waals surface area (Å²) in [5.41, 5.74) is 2.68. The van der Waals surface area contributed by atoms with Crippen molar-refractivity contribution in [3.63, 3.8) is 0 Å². The van der Waals surface area contributed by atoms with Crippen LogP contribution in [0.2, 0.25) is 0 Å². The number of ether oxygens (including phenoxy) is 1. The second kappa shape index (κ2) is 8.66. The largest absolute Gasteiger partial charge is 0.376 e. The summed E-state index contributed by atoms with van der Waals surface area (Å²) in [7, 11) is -3.45. The minimum atomic E-state index is -3.45. The highest BCUT2D eigenvalue weighted by Crippen LogP contribution is 2.24. The molecule has 142 valence electrons. The van der Waals surface area contributed by atoms with E-state index >= 15 is 0 Å². The van der Waals surface area contributed by atoms with E-state index in [-0.39, 0.29) is 5.92 Å². The molecule has 5 nitrogen and oxygen atoms in total. The first-order chi connectivity index (χ1) is 13.0. The van der Waals surface area contributed by atoms with E-state index in [1.807, 2.05) is 31.2 Å². The van der Waals surface area contributed by atoms with Crippen molar-refractivity contribution in [2.45, 2.75) is 31.3 Å². The van der Waals surface area contributed by atoms with Gasteiger partial charge in [0.05, 0.1) is 29.7 Å². The lowest BCUT2D eigenvalue weighted by atomic mass is 10.0. The Bertz CT molecular complexity index is 900. The van der Waals surface area contributed by atoms with Crippen LogP contribution in [0.3, 0.4) is 0 Å². The zero-order chi connectivity index (χ0) is 19.3. The third-order valence-corrected chi connectivity index (χ3v) is 6.73. The molecule has 1 unspecified atom stereocenters. The number of nitriles is 1. The van der Waals surface area contributed by atoms with E-state index in [1.54, 1.807) is 28.6 Å². The third-order valence-electron chi connectivity index (χ3n) is 4.85. The number of nitrogens with zero attached hydrogens (tertiary/aromatic N) is 2. The van der Waals surface area contributed by atoms with Crippen LogP contribution >= 0.6 is 0 Å². The number of piperidine rings is 1. The van der Waals surface area contributed by atoms with Gasteiger partial charge in [-0.05, 0) is 55.5 Å². The van der Waals surface area contributed by atoms with Gasteiger partial charge in [0.25, 0.3) is 0 Å². The molecule has 1 aliphatic heterocycles. The normalized spacial score (nSPS) is 18.1. The molecule has 0 aromatic heterocycles. The van der Waals surface area contributed by atoms with E-state index in [4.69, 9.17) is 10.00 Å². The maximum atomic E-state index is 12.9. The van der Waals surface area contributed by atoms with E-state index < -0.39 is 10.0 Å². The van der Waals surface area contributed by atoms with Gasteiger partial charge in [-0.2, -0.15) is 9.57 Å². The van der Waals surface area contributed by atoms with Gasteiger partial charge in [-0.25, -0.2) is 8.42 Å². The molecule has 3 rings (SSSR count). The maximum Gasteiger partial charge on any atom is 0.243 e. The summed E-state index contributed by atoms with van der Waals surface area (Å²) in [4.78, 5) is 0.354. The summed E-state index contributed by atoms with van der Waals surface area (Å²) in [6, 6.07) is 16.4. The summed E-state index contributed by atoms with van der Waals surface area (Å²) in [5.74, 6) is 0.192. The monoisotopic (exact) mass is 384 g/mol. The number of benzene rings is 2. The Labute approximate surface area is 161 Å². The smallest absolute Gasteiger partial charge is 0.243 e. The average Bonchev–Trinajstić information content (AvgIpc) is 2.69. The zero-order valence-electron chi connectivity index (χ0n) is 15.5. The molecule has 2 aromatic rings. The van der Waals surface area contributed by atoms with Gasteiger partial charge in [-0.3, -0.25) is 0 Å². The molecule has 0 amide bonds. The summed E-state index contributed by atoms with van der Waals surface area (Å²) in [6.45, 7) is 3.98. The molecule has 0 aliphatic carbocycles. The van der Waals surface area contributed by atoms with Gasteiger partial charge >= 0.3 is 0 Å². The van der Waals surface area contributed by atoms with Crippen molar-refractivity contribution < 1.29 is 13.2 Å². The summed E-state index contributed by atoms with van der Waals surface area (Å²) < 4.78 is 33.1. The van der Waals surface area contributed by atoms with E-state index in [0.717, 1.165) is 24.0 Å². The van der Waals surface area contributed by atoms with Crippen molar-refractivity contribution in [2.75, 3.05) is 19.7 Å². The van der Waals surface area contributed by atoms with Gasteiger partial charge in [0.1, 0.15) is 0 Å². The number of hydrogen-bond donors (Lipinski definition) is 0. The second-order valence-electron chi connectivity index (χ2n) is 7.01. The number of hydrogen-bond acceptors (Lipinski definition) is 4. The first-order valence-electron chi connectivity index (χ1n) is 9.12. The van der Waals surface area contributed by atoms with Crippen LogP contribution in [0, 0.1) is 24.2 Å². The fourth-order valence-corrected chi connectivity index (χ4v) is 4.81. The molecule has 0 saturated carbocycles. The van der Waals surface area contributed by atoms with Crippen molar-refractivity contribution >= 4 is 10.0 Å². The number of sulfonamides is 1. The fourth-order valence-electron chi connectivity index (χ4n) is 3.26. The molecule has 0 radical (unpaired) electrons. The molecule has 1 fully saturated rings. The van der Waals surface area contributed by atoms with Crippen molar-refractivity contribution in [1.82, 2.24) is 4.31 Å². The van der Waals surface area contributed by atoms with E-state index in [0.29, 0.717) is 36.8 Å². The van der Waals surface area contributed by atoms with Crippen LogP contribution in [0.5, 0.6) is 0 Å². The van der Waals surface area contributed by atoms with Crippen molar-refractivity contribution in [2.24, 2.45) is 5.92 Å². The molecule has 6 heteroatoms. The van der Waals surface area contributed by atoms with E-state index in [9.17, 15) is 8.42 Å². The minimum Gasteiger partial charge on any atom is -0.376 e. The molecule has 0 N–H and O–H groups in total. The molecular formula is C21H24N2O3S. The SMILES string of the molecule is Cc1ccc(S(=O)(=O)N2CCCC(COCc3ccc(C#N)cc3)C2)cc1. The number of aryl methyl sites for hydroxylation is 1. The highest BCUT2D eigenvalue weighted by atomic mass is 32.2. The number of rotatable bonds is 6. The van der Waals surface area contributed by atoms with Crippen molar-refractivity contribution in [1.29, 1.82) is 5.26 Å². The Hall–Kier alpha value is -2.20. The third kappa shape index (κ3) is 4.95. The van der Waals surface area contributed by atoms with Gasteiger partial charge in [0.15, 0.2) is 0 Å². The lowest BCUT2D eigenvalue weighted by molar-refractivity contribution is 0.0672. The lowest BCUT2D eigenvalue weighted by Gasteiger charge is -2.31. The lowest BCUT2D eigenvalue weighted by Crippen LogP contribution is -2.41. The molecule has 0 bridgehead atoms. The second-order valence-corrected chi connectivity index (χ2v) is 8.95. The van der Waals surface area contributed by atoms with Crippen LogP contribution in [0.1, 0.15) is 29.5 Å². The van der Waals surface area contributed by atoms with Crippen LogP contribution in [0.15, 0.2) is 53.4 Å². The quantitative estimate of drug-likeness (QED) is 0.764. The standard InChI is InChI=1S/C21H24N2O3S/c1-17-4-10-21(11-5-17)27(24,25)23-12-2-3-20(14-23)16-26-15-19-8-6-18(13-22)7-9-19/h4-11,20H,2-3,12,14-16H2,1H3. The molecule has 1 saturated heterocycles. The first kappa shape index (κ1) is 19.6. The Morgan fingerprint density at radius 1 is 1.15 bits per heavy atom. The van der Waals surface area contributed by atoms with Crippen LogP contribution < -0.4 is 0 Å². The Morgan fingerprint density at radius 2 is 1.85 bits per heavy atom. The highest BCUT2D eigenvalue weighted by molar-refractivity contribution is 7.89. The minimum absolute atomic E-state index is 0.192. The van der Waals surface area contributed by atoms with Crippen molar-refractivity contribution in [3.05, 3.63) is 65.2 Å². The summed E-state index contributed by atoms with van der Waals surface area (Å²) in [5, 5.41) is 8.83. The Kier molecular flexibility index (Phi) is 6.27. The van der Waals surface area contributed by atoms with Crippen molar-refractivity contribution in [3.8, 4) is 6.07 Å². The first-order valence-corrected chi connectivity index (χ1v) is 10.6. The molecule has 1 aliphatic rings. The molecule has 2 aromatic carbocycles. The molecular weight excluding hydrogens is 360 g/mol. The predicted molar refractivity (Wildman–Crippen MR) is 103 cm³/mol. The Morgan fingerprint density at radius 3 is 2.52 bits per heavy atom. The Balaban J connectivity index is 1.55. The van der Waals surface area contributed by atoms with Crippen LogP contribution in [0.25, 0.3) is 0 Å². The van der Waals surface area contributed by atoms with Gasteiger partial charge in [0.2, 0.25) is 10.0 Å². The van der Waals surface area contributed by atoms with Gasteiger partial charge < -0.3 is 4.74 Å². The zero-order valence-corrected chi connectivity index (χ0v) is 16.3. The van der Waals surface area contributed by atoms with Crippen LogP contribution in [-0.2, 0) is 21.4 Å². The molecule has 1 heterocycles. The average molecular weight is 385 g/mol. The summed E-state index contributed by atoms with van der Waals surface area (Å²) >= 11 is 0. The topological polar surface area (TPSA) is 70.4 Å².